The monoisotopic (exact) mass is 225 g/mol. The summed E-state index contributed by atoms with van der Waals surface area (Å²) in [6, 6.07) is 11.2. The van der Waals surface area contributed by atoms with Gasteiger partial charge in [-0.25, -0.2) is 4.98 Å². The Morgan fingerprint density at radius 3 is 2.53 bits per heavy atom. The molecule has 3 aromatic rings. The van der Waals surface area contributed by atoms with Crippen LogP contribution in [0.2, 0.25) is 0 Å². The van der Waals surface area contributed by atoms with Crippen LogP contribution in [-0.2, 0) is 0 Å². The van der Waals surface area contributed by atoms with Crippen molar-refractivity contribution in [3.05, 3.63) is 36.4 Å². The van der Waals surface area contributed by atoms with Crippen LogP contribution in [0.3, 0.4) is 0 Å². The van der Waals surface area contributed by atoms with E-state index in [0.717, 1.165) is 16.3 Å². The van der Waals surface area contributed by atoms with Gasteiger partial charge in [-0.05, 0) is 12.1 Å². The Bertz CT molecular complexity index is 737. The van der Waals surface area contributed by atoms with Crippen LogP contribution < -0.4 is 11.5 Å². The predicted molar refractivity (Wildman–Crippen MR) is 69.7 cm³/mol. The van der Waals surface area contributed by atoms with Crippen LogP contribution in [0, 0.1) is 0 Å². The van der Waals surface area contributed by atoms with E-state index >= 15 is 0 Å². The third-order valence-corrected chi connectivity index (χ3v) is 2.88. The van der Waals surface area contributed by atoms with Crippen LogP contribution in [0.1, 0.15) is 0 Å². The maximum Gasteiger partial charge on any atom is 0.142 e. The summed E-state index contributed by atoms with van der Waals surface area (Å²) < 4.78 is 0. The van der Waals surface area contributed by atoms with Gasteiger partial charge < -0.3 is 16.6 Å². The number of benzene rings is 2. The molecule has 0 radical (unpaired) electrons. The molecular weight excluding hydrogens is 214 g/mol. The Labute approximate surface area is 97.5 Å². The van der Waals surface area contributed by atoms with Crippen LogP contribution in [-0.4, -0.2) is 10.1 Å². The van der Waals surface area contributed by atoms with Gasteiger partial charge in [0.25, 0.3) is 0 Å². The molecule has 0 unspecified atom stereocenters. The van der Waals surface area contributed by atoms with E-state index in [1.54, 1.807) is 0 Å². The largest absolute Gasteiger partial charge is 0.506 e. The summed E-state index contributed by atoms with van der Waals surface area (Å²) in [4.78, 5) is 4.44. The molecule has 4 heteroatoms. The van der Waals surface area contributed by atoms with E-state index in [1.165, 1.54) is 6.07 Å². The van der Waals surface area contributed by atoms with Crippen LogP contribution in [0.4, 0.5) is 11.4 Å². The van der Waals surface area contributed by atoms with Crippen molar-refractivity contribution in [3.63, 3.8) is 0 Å². The summed E-state index contributed by atoms with van der Waals surface area (Å²) in [5.74, 6) is -0.0298. The van der Waals surface area contributed by atoms with Crippen LogP contribution >= 0.6 is 0 Å². The van der Waals surface area contributed by atoms with Gasteiger partial charge in [-0.1, -0.05) is 18.2 Å². The number of phenols is 1. The van der Waals surface area contributed by atoms with Gasteiger partial charge in [-0.3, -0.25) is 0 Å². The van der Waals surface area contributed by atoms with Gasteiger partial charge in [-0.15, -0.1) is 0 Å². The zero-order chi connectivity index (χ0) is 12.0. The smallest absolute Gasteiger partial charge is 0.142 e. The number of rotatable bonds is 0. The van der Waals surface area contributed by atoms with Crippen LogP contribution in [0.5, 0.6) is 5.75 Å². The van der Waals surface area contributed by atoms with Crippen molar-refractivity contribution in [2.24, 2.45) is 0 Å². The Morgan fingerprint density at radius 2 is 1.71 bits per heavy atom. The molecule has 0 aliphatic carbocycles. The van der Waals surface area contributed by atoms with E-state index < -0.39 is 0 Å². The van der Waals surface area contributed by atoms with Gasteiger partial charge in [0.1, 0.15) is 5.75 Å². The number of hydrogen-bond donors (Lipinski definition) is 3. The summed E-state index contributed by atoms with van der Waals surface area (Å²) in [6.45, 7) is 0. The molecule has 0 saturated heterocycles. The first kappa shape index (κ1) is 9.72. The molecule has 2 aromatic carbocycles. The zero-order valence-corrected chi connectivity index (χ0v) is 9.01. The number of pyridine rings is 1. The van der Waals surface area contributed by atoms with Crippen LogP contribution in [0.25, 0.3) is 21.8 Å². The van der Waals surface area contributed by atoms with E-state index in [4.69, 9.17) is 11.5 Å². The molecular formula is C13H11N3O. The molecule has 0 saturated carbocycles. The van der Waals surface area contributed by atoms with Crippen LogP contribution in [0.15, 0.2) is 36.4 Å². The van der Waals surface area contributed by atoms with Crippen molar-refractivity contribution in [2.75, 3.05) is 11.5 Å². The summed E-state index contributed by atoms with van der Waals surface area (Å²) in [5, 5.41) is 11.4. The van der Waals surface area contributed by atoms with E-state index in [2.05, 4.69) is 4.98 Å². The van der Waals surface area contributed by atoms with Gasteiger partial charge >= 0.3 is 0 Å². The number of aromatic nitrogens is 1. The van der Waals surface area contributed by atoms with Crippen molar-refractivity contribution in [1.29, 1.82) is 0 Å². The number of anilines is 2. The van der Waals surface area contributed by atoms with E-state index in [-0.39, 0.29) is 11.4 Å². The first-order valence-corrected chi connectivity index (χ1v) is 5.23. The highest BCUT2D eigenvalue weighted by Gasteiger charge is 2.09. The second-order valence-corrected chi connectivity index (χ2v) is 3.97. The van der Waals surface area contributed by atoms with E-state index in [9.17, 15) is 5.11 Å². The fourth-order valence-electron chi connectivity index (χ4n) is 1.95. The molecule has 0 spiro atoms. The van der Waals surface area contributed by atoms with E-state index in [1.807, 2.05) is 30.3 Å². The van der Waals surface area contributed by atoms with E-state index in [0.29, 0.717) is 11.2 Å². The summed E-state index contributed by atoms with van der Waals surface area (Å²) in [5.41, 5.74) is 13.7. The second-order valence-electron chi connectivity index (χ2n) is 3.97. The summed E-state index contributed by atoms with van der Waals surface area (Å²) in [6.07, 6.45) is 0. The van der Waals surface area contributed by atoms with Crippen molar-refractivity contribution in [1.82, 2.24) is 4.98 Å². The molecule has 0 bridgehead atoms. The highest BCUT2D eigenvalue weighted by Crippen LogP contribution is 2.35. The minimum Gasteiger partial charge on any atom is -0.506 e. The number of nitrogens with two attached hydrogens (primary N) is 2. The molecule has 0 amide bonds. The molecule has 5 N–H and O–H groups in total. The van der Waals surface area contributed by atoms with Gasteiger partial charge in [0.15, 0.2) is 0 Å². The highest BCUT2D eigenvalue weighted by atomic mass is 16.3. The second kappa shape index (κ2) is 3.25. The molecule has 1 aromatic heterocycles. The molecule has 3 rings (SSSR count). The topological polar surface area (TPSA) is 85.2 Å². The molecule has 1 heterocycles. The zero-order valence-electron chi connectivity index (χ0n) is 9.01. The maximum atomic E-state index is 9.63. The molecule has 0 aliphatic heterocycles. The molecule has 17 heavy (non-hydrogen) atoms. The summed E-state index contributed by atoms with van der Waals surface area (Å²) >= 11 is 0. The van der Waals surface area contributed by atoms with Gasteiger partial charge in [0.2, 0.25) is 0 Å². The Kier molecular flexibility index (Phi) is 1.86. The quantitative estimate of drug-likeness (QED) is 0.311. The molecule has 84 valence electrons. The van der Waals surface area contributed by atoms with Crippen molar-refractivity contribution >= 4 is 33.2 Å². The Balaban J connectivity index is 2.52. The number of nitrogen functional groups attached to an aromatic ring is 2. The average molecular weight is 225 g/mol. The lowest BCUT2D eigenvalue weighted by Gasteiger charge is -2.08. The lowest BCUT2D eigenvalue weighted by Crippen LogP contribution is -1.97. The molecule has 4 nitrogen and oxygen atoms in total. The fourth-order valence-corrected chi connectivity index (χ4v) is 1.95. The van der Waals surface area contributed by atoms with Gasteiger partial charge in [0.05, 0.1) is 22.4 Å². The van der Waals surface area contributed by atoms with Gasteiger partial charge in [-0.2, -0.15) is 0 Å². The Hall–Kier alpha value is -2.49. The Morgan fingerprint density at radius 1 is 0.941 bits per heavy atom. The van der Waals surface area contributed by atoms with Crippen molar-refractivity contribution < 1.29 is 5.11 Å². The molecule has 0 atom stereocenters. The highest BCUT2D eigenvalue weighted by molar-refractivity contribution is 6.04. The number of para-hydroxylation sites is 1. The normalized spacial score (nSPS) is 11.1. The average Bonchev–Trinajstić information content (AvgIpc) is 2.34. The number of aromatic hydroxyl groups is 1. The lowest BCUT2D eigenvalue weighted by atomic mass is 10.1. The number of nitrogens with zero attached hydrogens (tertiary/aromatic N) is 1. The number of phenolic OH excluding ortho intramolecular Hbond substituents is 1. The van der Waals surface area contributed by atoms with Gasteiger partial charge in [0, 0.05) is 16.8 Å². The first-order valence-electron chi connectivity index (χ1n) is 5.23. The first-order chi connectivity index (χ1) is 8.16. The van der Waals surface area contributed by atoms with Crippen molar-refractivity contribution in [3.8, 4) is 5.75 Å². The SMILES string of the molecule is Nc1c(O)cc2nc3ccccc3cc2c1N. The predicted octanol–water partition coefficient (Wildman–Crippen LogP) is 2.26. The minimum absolute atomic E-state index is 0.0298. The third-order valence-electron chi connectivity index (χ3n) is 2.88. The number of fused-ring (bicyclic) bond motifs is 2. The molecule has 0 aliphatic rings. The lowest BCUT2D eigenvalue weighted by molar-refractivity contribution is 0.479. The van der Waals surface area contributed by atoms with Crippen molar-refractivity contribution in [2.45, 2.75) is 0 Å². The molecule has 0 fully saturated rings. The fraction of sp³-hybridized carbons (Fsp3) is 0. The summed E-state index contributed by atoms with van der Waals surface area (Å²) in [7, 11) is 0. The number of hydrogen-bond acceptors (Lipinski definition) is 4. The maximum absolute atomic E-state index is 9.63. The minimum atomic E-state index is -0.0298. The third kappa shape index (κ3) is 1.34. The standard InChI is InChI=1S/C13H11N3O/c14-12-8-5-7-3-1-2-4-9(7)16-10(8)6-11(17)13(12)15/h1-6,17H,14-15H2.